The lowest BCUT2D eigenvalue weighted by molar-refractivity contribution is 0.232. The van der Waals surface area contributed by atoms with Crippen LogP contribution in [-0.2, 0) is 9.05 Å². The number of rotatable bonds is 3. The van der Waals surface area contributed by atoms with Crippen LogP contribution in [0.15, 0.2) is 17.2 Å². The van der Waals surface area contributed by atoms with Gasteiger partial charge in [-0.2, -0.15) is 0 Å². The van der Waals surface area contributed by atoms with E-state index in [1.165, 1.54) is 6.07 Å². The standard InChI is InChI=1S/C8H9Cl2NO3S/c1-5(2)14-8-7(9)3-6(4-11-8)15(10,12)13/h3-5H,1-2H3. The van der Waals surface area contributed by atoms with Gasteiger partial charge < -0.3 is 4.74 Å². The van der Waals surface area contributed by atoms with Gasteiger partial charge in [0.25, 0.3) is 9.05 Å². The minimum atomic E-state index is -3.80. The van der Waals surface area contributed by atoms with E-state index in [9.17, 15) is 8.42 Å². The predicted molar refractivity (Wildman–Crippen MR) is 58.0 cm³/mol. The highest BCUT2D eigenvalue weighted by Crippen LogP contribution is 2.26. The highest BCUT2D eigenvalue weighted by molar-refractivity contribution is 8.13. The molecule has 15 heavy (non-hydrogen) atoms. The summed E-state index contributed by atoms with van der Waals surface area (Å²) in [5.74, 6) is 0.190. The Kier molecular flexibility index (Phi) is 3.81. The summed E-state index contributed by atoms with van der Waals surface area (Å²) in [5, 5.41) is 0.116. The van der Waals surface area contributed by atoms with Crippen molar-refractivity contribution in [2.75, 3.05) is 0 Å². The molecule has 1 aromatic rings. The smallest absolute Gasteiger partial charge is 0.262 e. The Bertz CT molecular complexity index is 459. The fraction of sp³-hybridized carbons (Fsp3) is 0.375. The second-order valence-corrected chi connectivity index (χ2v) is 6.04. The van der Waals surface area contributed by atoms with Gasteiger partial charge in [-0.25, -0.2) is 13.4 Å². The van der Waals surface area contributed by atoms with Crippen molar-refractivity contribution in [1.29, 1.82) is 0 Å². The lowest BCUT2D eigenvalue weighted by atomic mass is 10.4. The molecule has 1 heterocycles. The van der Waals surface area contributed by atoms with Crippen molar-refractivity contribution in [2.45, 2.75) is 24.8 Å². The van der Waals surface area contributed by atoms with Crippen molar-refractivity contribution in [2.24, 2.45) is 0 Å². The molecule has 4 nitrogen and oxygen atoms in total. The van der Waals surface area contributed by atoms with Crippen molar-refractivity contribution in [1.82, 2.24) is 4.98 Å². The lowest BCUT2D eigenvalue weighted by Crippen LogP contribution is -2.07. The van der Waals surface area contributed by atoms with E-state index in [0.29, 0.717) is 0 Å². The first kappa shape index (κ1) is 12.5. The van der Waals surface area contributed by atoms with E-state index in [1.807, 2.05) is 13.8 Å². The normalized spacial score (nSPS) is 11.8. The molecule has 0 bridgehead atoms. The van der Waals surface area contributed by atoms with Crippen molar-refractivity contribution in [3.05, 3.63) is 17.3 Å². The molecule has 0 saturated heterocycles. The molecule has 84 valence electrons. The fourth-order valence-electron chi connectivity index (χ4n) is 0.851. The van der Waals surface area contributed by atoms with Gasteiger partial charge in [0.05, 0.1) is 12.3 Å². The minimum absolute atomic E-state index is 0.0894. The van der Waals surface area contributed by atoms with Gasteiger partial charge >= 0.3 is 0 Å². The van der Waals surface area contributed by atoms with Crippen LogP contribution in [0.5, 0.6) is 5.88 Å². The van der Waals surface area contributed by atoms with E-state index in [1.54, 1.807) is 0 Å². The van der Waals surface area contributed by atoms with E-state index in [0.717, 1.165) is 6.20 Å². The molecule has 0 aliphatic heterocycles. The maximum Gasteiger partial charge on any atom is 0.262 e. The summed E-state index contributed by atoms with van der Waals surface area (Å²) in [7, 11) is 1.32. The summed E-state index contributed by atoms with van der Waals surface area (Å²) in [6.45, 7) is 3.62. The largest absolute Gasteiger partial charge is 0.474 e. The fourth-order valence-corrected chi connectivity index (χ4v) is 1.82. The molecule has 0 unspecified atom stereocenters. The summed E-state index contributed by atoms with van der Waals surface area (Å²) in [6, 6.07) is 1.20. The number of halogens is 2. The van der Waals surface area contributed by atoms with Crippen LogP contribution in [0.25, 0.3) is 0 Å². The average Bonchev–Trinajstić information content (AvgIpc) is 2.05. The summed E-state index contributed by atoms with van der Waals surface area (Å²) >= 11 is 5.77. The van der Waals surface area contributed by atoms with Gasteiger partial charge in [0.1, 0.15) is 9.92 Å². The molecular weight excluding hydrogens is 261 g/mol. The van der Waals surface area contributed by atoms with Crippen LogP contribution < -0.4 is 4.74 Å². The lowest BCUT2D eigenvalue weighted by Gasteiger charge is -2.09. The van der Waals surface area contributed by atoms with E-state index < -0.39 is 9.05 Å². The van der Waals surface area contributed by atoms with Crippen molar-refractivity contribution < 1.29 is 13.2 Å². The van der Waals surface area contributed by atoms with E-state index in [2.05, 4.69) is 4.98 Å². The van der Waals surface area contributed by atoms with Crippen LogP contribution in [0.2, 0.25) is 5.02 Å². The predicted octanol–water partition coefficient (Wildman–Crippen LogP) is 2.45. The maximum atomic E-state index is 10.9. The zero-order valence-corrected chi connectivity index (χ0v) is 10.4. The summed E-state index contributed by atoms with van der Waals surface area (Å²) in [4.78, 5) is 3.62. The van der Waals surface area contributed by atoms with Crippen molar-refractivity contribution >= 4 is 31.3 Å². The van der Waals surface area contributed by atoms with Crippen LogP contribution in [0.1, 0.15) is 13.8 Å². The molecule has 0 aromatic carbocycles. The number of aromatic nitrogens is 1. The minimum Gasteiger partial charge on any atom is -0.474 e. The monoisotopic (exact) mass is 269 g/mol. The highest BCUT2D eigenvalue weighted by atomic mass is 35.7. The van der Waals surface area contributed by atoms with Crippen LogP contribution >= 0.6 is 22.3 Å². The molecule has 0 N–H and O–H groups in total. The van der Waals surface area contributed by atoms with Crippen LogP contribution in [0.3, 0.4) is 0 Å². The quantitative estimate of drug-likeness (QED) is 0.791. The number of nitrogens with zero attached hydrogens (tertiary/aromatic N) is 1. The molecule has 0 atom stereocenters. The van der Waals surface area contributed by atoms with Crippen LogP contribution in [0, 0.1) is 0 Å². The topological polar surface area (TPSA) is 56.3 Å². The van der Waals surface area contributed by atoms with E-state index in [4.69, 9.17) is 27.0 Å². The van der Waals surface area contributed by atoms with E-state index in [-0.39, 0.29) is 21.9 Å². The summed E-state index contributed by atoms with van der Waals surface area (Å²) < 4.78 is 27.1. The Balaban J connectivity index is 3.09. The first-order valence-corrected chi connectivity index (χ1v) is 6.76. The summed E-state index contributed by atoms with van der Waals surface area (Å²) in [5.41, 5.74) is 0. The maximum absolute atomic E-state index is 10.9. The zero-order valence-electron chi connectivity index (χ0n) is 8.07. The molecule has 0 radical (unpaired) electrons. The molecule has 0 aliphatic carbocycles. The van der Waals surface area contributed by atoms with Gasteiger partial charge in [-0.15, -0.1) is 0 Å². The molecule has 1 aromatic heterocycles. The second kappa shape index (κ2) is 4.55. The zero-order chi connectivity index (χ0) is 11.6. The molecular formula is C8H9Cl2NO3S. The molecule has 0 saturated carbocycles. The number of hydrogen-bond acceptors (Lipinski definition) is 4. The number of hydrogen-bond donors (Lipinski definition) is 0. The molecule has 7 heteroatoms. The van der Waals surface area contributed by atoms with Crippen molar-refractivity contribution in [3.8, 4) is 5.88 Å². The van der Waals surface area contributed by atoms with Crippen LogP contribution in [0.4, 0.5) is 0 Å². The molecule has 1 rings (SSSR count). The number of ether oxygens (including phenoxy) is 1. The van der Waals surface area contributed by atoms with E-state index >= 15 is 0 Å². The molecule has 0 aliphatic rings. The average molecular weight is 270 g/mol. The Labute approximate surface area is 97.6 Å². The highest BCUT2D eigenvalue weighted by Gasteiger charge is 2.14. The van der Waals surface area contributed by atoms with Crippen LogP contribution in [-0.4, -0.2) is 19.5 Å². The Morgan fingerprint density at radius 2 is 2.07 bits per heavy atom. The third-order valence-electron chi connectivity index (χ3n) is 1.41. The first-order valence-electron chi connectivity index (χ1n) is 4.07. The Hall–Kier alpha value is -0.520. The van der Waals surface area contributed by atoms with Gasteiger partial charge in [0.2, 0.25) is 5.88 Å². The van der Waals surface area contributed by atoms with Gasteiger partial charge in [0, 0.05) is 10.7 Å². The van der Waals surface area contributed by atoms with Crippen molar-refractivity contribution in [3.63, 3.8) is 0 Å². The molecule has 0 amide bonds. The second-order valence-electron chi connectivity index (χ2n) is 3.06. The van der Waals surface area contributed by atoms with Gasteiger partial charge in [-0.05, 0) is 19.9 Å². The van der Waals surface area contributed by atoms with Gasteiger partial charge in [-0.1, -0.05) is 11.6 Å². The Morgan fingerprint density at radius 3 is 2.47 bits per heavy atom. The number of pyridine rings is 1. The van der Waals surface area contributed by atoms with Gasteiger partial charge in [0.15, 0.2) is 0 Å². The molecule has 0 spiro atoms. The Morgan fingerprint density at radius 1 is 1.47 bits per heavy atom. The third-order valence-corrected chi connectivity index (χ3v) is 3.00. The summed E-state index contributed by atoms with van der Waals surface area (Å²) in [6.07, 6.45) is 1.01. The SMILES string of the molecule is CC(C)Oc1ncc(S(=O)(=O)Cl)cc1Cl. The first-order chi connectivity index (χ1) is 6.80. The van der Waals surface area contributed by atoms with Gasteiger partial charge in [-0.3, -0.25) is 0 Å². The molecule has 0 fully saturated rings. The third kappa shape index (κ3) is 3.52.